The summed E-state index contributed by atoms with van der Waals surface area (Å²) in [6, 6.07) is 0. The van der Waals surface area contributed by atoms with Crippen molar-refractivity contribution in [3.8, 4) is 0 Å². The third-order valence-corrected chi connectivity index (χ3v) is 3.02. The highest BCUT2D eigenvalue weighted by Gasteiger charge is 2.37. The van der Waals surface area contributed by atoms with Gasteiger partial charge < -0.3 is 19.7 Å². The van der Waals surface area contributed by atoms with Crippen LogP contribution < -0.4 is 0 Å². The molecule has 0 radical (unpaired) electrons. The van der Waals surface area contributed by atoms with E-state index in [9.17, 15) is 14.7 Å². The molecule has 0 aliphatic heterocycles. The number of aliphatic carboxylic acids is 2. The van der Waals surface area contributed by atoms with Crippen molar-refractivity contribution in [3.63, 3.8) is 0 Å². The summed E-state index contributed by atoms with van der Waals surface area (Å²) in [5.41, 5.74) is -1.73. The molecule has 0 heterocycles. The average molecular weight is 318 g/mol. The van der Waals surface area contributed by atoms with E-state index in [1.807, 2.05) is 41.5 Å². The van der Waals surface area contributed by atoms with E-state index < -0.39 is 28.6 Å². The van der Waals surface area contributed by atoms with Crippen LogP contribution in [-0.2, 0) is 19.1 Å². The highest BCUT2D eigenvalue weighted by atomic mass is 16.5. The van der Waals surface area contributed by atoms with Gasteiger partial charge in [-0.25, -0.2) is 0 Å². The minimum atomic E-state index is -0.986. The number of hydrogen-bond acceptors (Lipinski definition) is 4. The maximum Gasteiger partial charge on any atom is 0.304 e. The summed E-state index contributed by atoms with van der Waals surface area (Å²) in [5.74, 6) is -1.94. The minimum Gasteiger partial charge on any atom is -0.481 e. The molecule has 6 heteroatoms. The van der Waals surface area contributed by atoms with Gasteiger partial charge in [-0.3, -0.25) is 9.59 Å². The first kappa shape index (κ1) is 20.9. The molecule has 0 aliphatic rings. The lowest BCUT2D eigenvalue weighted by molar-refractivity contribution is -0.153. The summed E-state index contributed by atoms with van der Waals surface area (Å²) in [5, 5.41) is 18.2. The molecular formula is C16H30O6. The largest absolute Gasteiger partial charge is 0.481 e. The lowest BCUT2D eigenvalue weighted by Gasteiger charge is -2.36. The van der Waals surface area contributed by atoms with Crippen LogP contribution in [0.25, 0.3) is 0 Å². The monoisotopic (exact) mass is 318 g/mol. The van der Waals surface area contributed by atoms with Crippen molar-refractivity contribution in [2.75, 3.05) is 13.2 Å². The topological polar surface area (TPSA) is 93.1 Å². The van der Waals surface area contributed by atoms with E-state index in [0.29, 0.717) is 0 Å². The zero-order valence-corrected chi connectivity index (χ0v) is 14.6. The molecule has 0 bridgehead atoms. The first-order chi connectivity index (χ1) is 9.75. The fraction of sp³-hybridized carbons (Fsp3) is 0.875. The fourth-order valence-corrected chi connectivity index (χ4v) is 1.81. The van der Waals surface area contributed by atoms with E-state index >= 15 is 0 Å². The molecule has 0 aromatic rings. The summed E-state index contributed by atoms with van der Waals surface area (Å²) in [6.45, 7) is 11.5. The minimum absolute atomic E-state index is 0.117. The van der Waals surface area contributed by atoms with Crippen LogP contribution in [0.2, 0.25) is 0 Å². The first-order valence-electron chi connectivity index (χ1n) is 7.46. The SMILES string of the molecule is CC(C)(C)OCC(CCC(=O)O)(COC(C)(C)C)CC(=O)O. The van der Waals surface area contributed by atoms with Gasteiger partial charge in [-0.05, 0) is 48.0 Å². The molecule has 0 spiro atoms. The molecule has 0 rings (SSSR count). The third kappa shape index (κ3) is 10.6. The molecule has 0 aliphatic carbocycles. The van der Waals surface area contributed by atoms with Crippen LogP contribution >= 0.6 is 0 Å². The summed E-state index contributed by atoms with van der Waals surface area (Å²) in [7, 11) is 0. The van der Waals surface area contributed by atoms with Gasteiger partial charge >= 0.3 is 11.9 Å². The second kappa shape index (κ2) is 7.92. The van der Waals surface area contributed by atoms with Crippen molar-refractivity contribution in [1.29, 1.82) is 0 Å². The predicted octanol–water partition coefficient (Wildman–Crippen LogP) is 2.94. The molecule has 0 atom stereocenters. The third-order valence-electron chi connectivity index (χ3n) is 3.02. The molecule has 0 fully saturated rings. The van der Waals surface area contributed by atoms with E-state index in [4.69, 9.17) is 14.6 Å². The van der Waals surface area contributed by atoms with Gasteiger partial charge in [0, 0.05) is 11.8 Å². The fourth-order valence-electron chi connectivity index (χ4n) is 1.81. The predicted molar refractivity (Wildman–Crippen MR) is 83.0 cm³/mol. The Morgan fingerprint density at radius 2 is 1.23 bits per heavy atom. The Balaban J connectivity index is 5.19. The standard InChI is InChI=1S/C16H30O6/c1-14(2,3)21-10-16(9-13(19)20,8-7-12(17)18)11-22-15(4,5)6/h7-11H2,1-6H3,(H,17,18)(H,19,20). The molecule has 130 valence electrons. The number of carbonyl (C=O) groups is 2. The van der Waals surface area contributed by atoms with Crippen LogP contribution in [0.1, 0.15) is 60.8 Å². The quantitative estimate of drug-likeness (QED) is 0.679. The Morgan fingerprint density at radius 1 is 0.818 bits per heavy atom. The number of rotatable bonds is 9. The van der Waals surface area contributed by atoms with Gasteiger partial charge in [-0.1, -0.05) is 0 Å². The Hall–Kier alpha value is -1.14. The number of hydrogen-bond donors (Lipinski definition) is 2. The lowest BCUT2D eigenvalue weighted by Crippen LogP contribution is -2.40. The molecule has 22 heavy (non-hydrogen) atoms. The van der Waals surface area contributed by atoms with E-state index in [0.717, 1.165) is 0 Å². The van der Waals surface area contributed by atoms with Crippen LogP contribution in [0.3, 0.4) is 0 Å². The highest BCUT2D eigenvalue weighted by Crippen LogP contribution is 2.33. The molecule has 0 unspecified atom stereocenters. The van der Waals surface area contributed by atoms with Crippen LogP contribution in [-0.4, -0.2) is 46.6 Å². The van der Waals surface area contributed by atoms with Crippen molar-refractivity contribution in [3.05, 3.63) is 0 Å². The Kier molecular flexibility index (Phi) is 7.51. The van der Waals surface area contributed by atoms with Crippen LogP contribution in [0.5, 0.6) is 0 Å². The van der Waals surface area contributed by atoms with Gasteiger partial charge in [0.2, 0.25) is 0 Å². The Labute approximate surface area is 132 Å². The summed E-state index contributed by atoms with van der Waals surface area (Å²) < 4.78 is 11.5. The van der Waals surface area contributed by atoms with Crippen molar-refractivity contribution in [1.82, 2.24) is 0 Å². The van der Waals surface area contributed by atoms with Gasteiger partial charge in [-0.2, -0.15) is 0 Å². The molecule has 0 saturated heterocycles. The van der Waals surface area contributed by atoms with Gasteiger partial charge in [0.25, 0.3) is 0 Å². The maximum atomic E-state index is 11.3. The van der Waals surface area contributed by atoms with Crippen LogP contribution in [0.15, 0.2) is 0 Å². The van der Waals surface area contributed by atoms with Crippen LogP contribution in [0.4, 0.5) is 0 Å². The van der Waals surface area contributed by atoms with Gasteiger partial charge in [-0.15, -0.1) is 0 Å². The number of carboxylic acid groups (broad SMARTS) is 2. The van der Waals surface area contributed by atoms with E-state index in [1.54, 1.807) is 0 Å². The number of carboxylic acids is 2. The molecular weight excluding hydrogens is 288 g/mol. The van der Waals surface area contributed by atoms with Crippen molar-refractivity contribution < 1.29 is 29.3 Å². The van der Waals surface area contributed by atoms with Crippen molar-refractivity contribution in [2.24, 2.45) is 5.41 Å². The molecule has 0 aromatic carbocycles. The van der Waals surface area contributed by atoms with Gasteiger partial charge in [0.1, 0.15) is 0 Å². The summed E-state index contributed by atoms with van der Waals surface area (Å²) in [6.07, 6.45) is -0.110. The number of ether oxygens (including phenoxy) is 2. The normalized spacial score (nSPS) is 13.2. The highest BCUT2D eigenvalue weighted by molar-refractivity contribution is 5.69. The maximum absolute atomic E-state index is 11.3. The van der Waals surface area contributed by atoms with Gasteiger partial charge in [0.05, 0.1) is 30.8 Å². The first-order valence-corrected chi connectivity index (χ1v) is 7.46. The summed E-state index contributed by atoms with van der Waals surface area (Å²) in [4.78, 5) is 22.2. The van der Waals surface area contributed by atoms with E-state index in [1.165, 1.54) is 0 Å². The Bertz CT molecular complexity index is 357. The molecule has 0 aromatic heterocycles. The average Bonchev–Trinajstić information content (AvgIpc) is 2.28. The zero-order valence-electron chi connectivity index (χ0n) is 14.6. The second-order valence-corrected chi connectivity index (χ2v) is 7.77. The Morgan fingerprint density at radius 3 is 1.50 bits per heavy atom. The lowest BCUT2D eigenvalue weighted by atomic mass is 9.81. The van der Waals surface area contributed by atoms with E-state index in [2.05, 4.69) is 0 Å². The summed E-state index contributed by atoms with van der Waals surface area (Å²) >= 11 is 0. The molecule has 2 N–H and O–H groups in total. The smallest absolute Gasteiger partial charge is 0.304 e. The second-order valence-electron chi connectivity index (χ2n) is 7.77. The van der Waals surface area contributed by atoms with E-state index in [-0.39, 0.29) is 32.5 Å². The molecule has 0 amide bonds. The van der Waals surface area contributed by atoms with Gasteiger partial charge in [0.15, 0.2) is 0 Å². The van der Waals surface area contributed by atoms with Crippen molar-refractivity contribution in [2.45, 2.75) is 72.0 Å². The molecule has 0 saturated carbocycles. The zero-order chi connectivity index (χ0) is 17.6. The van der Waals surface area contributed by atoms with Crippen LogP contribution in [0, 0.1) is 5.41 Å². The van der Waals surface area contributed by atoms with Crippen molar-refractivity contribution >= 4 is 11.9 Å². The molecule has 6 nitrogen and oxygen atoms in total.